The standard InChI is InChI=1S/C27H41N5O4/c1-6-18(4)23(27(35)32-15-21(28-5)25-24(32)22(33)16-36-25)29-26(34)19-7-9-20(10-8-19)31-13-11-30(12-14-31)17(2)3/h7-10,17-18,21,23-25,28H,6,11-16H2,1-5H3,(H,29,34)/t18-,21-,23-,24+,25+/m0/s1. The molecule has 3 heterocycles. The molecule has 0 radical (unpaired) electrons. The number of anilines is 1. The van der Waals surface area contributed by atoms with E-state index in [0.717, 1.165) is 38.3 Å². The number of ketones is 1. The summed E-state index contributed by atoms with van der Waals surface area (Å²) in [6.45, 7) is 12.8. The molecule has 0 aromatic heterocycles. The number of amides is 2. The number of rotatable bonds is 8. The van der Waals surface area contributed by atoms with Crippen molar-refractivity contribution in [2.24, 2.45) is 5.92 Å². The fourth-order valence-electron chi connectivity index (χ4n) is 5.54. The second-order valence-corrected chi connectivity index (χ2v) is 10.6. The summed E-state index contributed by atoms with van der Waals surface area (Å²) in [6, 6.07) is 6.77. The molecule has 4 rings (SSSR count). The van der Waals surface area contributed by atoms with Gasteiger partial charge in [-0.05, 0) is 51.1 Å². The first kappa shape index (κ1) is 26.6. The van der Waals surface area contributed by atoms with Crippen LogP contribution in [0.25, 0.3) is 0 Å². The van der Waals surface area contributed by atoms with Gasteiger partial charge < -0.3 is 25.2 Å². The molecule has 0 saturated carbocycles. The molecule has 5 atom stereocenters. The molecule has 9 heteroatoms. The molecular formula is C27H41N5O4. The minimum atomic E-state index is -0.712. The third-order valence-corrected chi connectivity index (χ3v) is 8.14. The lowest BCUT2D eigenvalue weighted by Gasteiger charge is -2.38. The number of hydrogen-bond donors (Lipinski definition) is 2. The minimum Gasteiger partial charge on any atom is -0.369 e. The van der Waals surface area contributed by atoms with Crippen molar-refractivity contribution in [2.75, 3.05) is 51.3 Å². The molecule has 3 saturated heterocycles. The largest absolute Gasteiger partial charge is 0.369 e. The van der Waals surface area contributed by atoms with E-state index in [1.54, 1.807) is 4.90 Å². The van der Waals surface area contributed by atoms with Crippen molar-refractivity contribution in [3.05, 3.63) is 29.8 Å². The maximum Gasteiger partial charge on any atom is 0.251 e. The number of nitrogens with zero attached hydrogens (tertiary/aromatic N) is 3. The van der Waals surface area contributed by atoms with Crippen molar-refractivity contribution in [2.45, 2.75) is 64.4 Å². The average molecular weight is 500 g/mol. The van der Waals surface area contributed by atoms with Crippen LogP contribution in [0.1, 0.15) is 44.5 Å². The van der Waals surface area contributed by atoms with E-state index in [9.17, 15) is 14.4 Å². The summed E-state index contributed by atoms with van der Waals surface area (Å²) in [5.74, 6) is -0.656. The van der Waals surface area contributed by atoms with Crippen molar-refractivity contribution in [1.82, 2.24) is 20.4 Å². The van der Waals surface area contributed by atoms with Gasteiger partial charge in [-0.2, -0.15) is 0 Å². The molecule has 1 aromatic carbocycles. The van der Waals surface area contributed by atoms with Crippen molar-refractivity contribution in [3.8, 4) is 0 Å². The lowest BCUT2D eigenvalue weighted by Crippen LogP contribution is -2.54. The highest BCUT2D eigenvalue weighted by molar-refractivity contribution is 5.99. The van der Waals surface area contributed by atoms with Crippen LogP contribution in [0.3, 0.4) is 0 Å². The van der Waals surface area contributed by atoms with Crippen LogP contribution in [0, 0.1) is 5.92 Å². The number of likely N-dealkylation sites (N-methyl/N-ethyl adjacent to an activating group) is 1. The summed E-state index contributed by atoms with van der Waals surface area (Å²) in [5.41, 5.74) is 1.62. The Morgan fingerprint density at radius 2 is 1.75 bits per heavy atom. The van der Waals surface area contributed by atoms with Crippen LogP contribution in [0.4, 0.5) is 5.69 Å². The number of carbonyl (C=O) groups is 3. The van der Waals surface area contributed by atoms with Gasteiger partial charge in [0.1, 0.15) is 24.8 Å². The molecule has 3 fully saturated rings. The van der Waals surface area contributed by atoms with Crippen LogP contribution in [-0.2, 0) is 14.3 Å². The zero-order chi connectivity index (χ0) is 26.0. The first-order chi connectivity index (χ1) is 17.2. The van der Waals surface area contributed by atoms with E-state index in [0.29, 0.717) is 18.2 Å². The van der Waals surface area contributed by atoms with E-state index >= 15 is 0 Å². The van der Waals surface area contributed by atoms with Crippen LogP contribution in [0.5, 0.6) is 0 Å². The summed E-state index contributed by atoms with van der Waals surface area (Å²) in [5, 5.41) is 6.15. The Morgan fingerprint density at radius 1 is 1.08 bits per heavy atom. The molecular weight excluding hydrogens is 458 g/mol. The Labute approximate surface area is 214 Å². The van der Waals surface area contributed by atoms with Gasteiger partial charge in [-0.15, -0.1) is 0 Å². The van der Waals surface area contributed by atoms with Crippen LogP contribution < -0.4 is 15.5 Å². The highest BCUT2D eigenvalue weighted by atomic mass is 16.5. The van der Waals surface area contributed by atoms with E-state index < -0.39 is 12.1 Å². The van der Waals surface area contributed by atoms with Gasteiger partial charge in [0.05, 0.1) is 6.04 Å². The summed E-state index contributed by atoms with van der Waals surface area (Å²) >= 11 is 0. The molecule has 198 valence electrons. The second kappa shape index (κ2) is 11.3. The van der Waals surface area contributed by atoms with E-state index in [-0.39, 0.29) is 42.3 Å². The van der Waals surface area contributed by atoms with Crippen molar-refractivity contribution >= 4 is 23.3 Å². The van der Waals surface area contributed by atoms with Gasteiger partial charge in [0.2, 0.25) is 5.91 Å². The predicted octanol–water partition coefficient (Wildman–Crippen LogP) is 1.13. The first-order valence-electron chi connectivity index (χ1n) is 13.3. The lowest BCUT2D eigenvalue weighted by atomic mass is 9.96. The molecule has 9 nitrogen and oxygen atoms in total. The van der Waals surface area contributed by atoms with E-state index in [1.807, 2.05) is 45.2 Å². The van der Waals surface area contributed by atoms with Crippen molar-refractivity contribution in [1.29, 1.82) is 0 Å². The molecule has 0 aliphatic carbocycles. The zero-order valence-corrected chi connectivity index (χ0v) is 22.2. The van der Waals surface area contributed by atoms with Gasteiger partial charge in [0.25, 0.3) is 5.91 Å². The Kier molecular flexibility index (Phi) is 8.32. The number of carbonyl (C=O) groups excluding carboxylic acids is 3. The molecule has 2 amide bonds. The van der Waals surface area contributed by atoms with Crippen LogP contribution in [0.2, 0.25) is 0 Å². The fourth-order valence-corrected chi connectivity index (χ4v) is 5.54. The Morgan fingerprint density at radius 3 is 2.33 bits per heavy atom. The van der Waals surface area contributed by atoms with Gasteiger partial charge in [0.15, 0.2) is 5.78 Å². The number of fused-ring (bicyclic) bond motifs is 1. The molecule has 0 unspecified atom stereocenters. The highest BCUT2D eigenvalue weighted by Gasteiger charge is 2.53. The lowest BCUT2D eigenvalue weighted by molar-refractivity contribution is -0.139. The van der Waals surface area contributed by atoms with Crippen LogP contribution in [0.15, 0.2) is 24.3 Å². The number of hydrogen-bond acceptors (Lipinski definition) is 7. The minimum absolute atomic E-state index is 0.0243. The number of nitrogens with one attached hydrogen (secondary N) is 2. The number of piperazine rings is 1. The molecule has 3 aliphatic rings. The van der Waals surface area contributed by atoms with E-state index in [1.165, 1.54) is 0 Å². The SMILES string of the molecule is CC[C@H](C)[C@H](NC(=O)c1ccc(N2CCN(C(C)C)CC2)cc1)C(=O)N1C[C@H](NC)[C@H]2OCC(=O)[C@H]21. The average Bonchev–Trinajstić information content (AvgIpc) is 3.46. The van der Waals surface area contributed by atoms with E-state index in [2.05, 4.69) is 34.3 Å². The Bertz CT molecular complexity index is 944. The van der Waals surface area contributed by atoms with Crippen molar-refractivity contribution in [3.63, 3.8) is 0 Å². The van der Waals surface area contributed by atoms with Gasteiger partial charge in [-0.3, -0.25) is 19.3 Å². The summed E-state index contributed by atoms with van der Waals surface area (Å²) in [4.78, 5) is 45.8. The van der Waals surface area contributed by atoms with E-state index in [4.69, 9.17) is 4.74 Å². The smallest absolute Gasteiger partial charge is 0.251 e. The first-order valence-corrected chi connectivity index (χ1v) is 13.3. The number of Topliss-reactive ketones (excluding diaryl/α,β-unsaturated/α-hetero) is 1. The van der Waals surface area contributed by atoms with Gasteiger partial charge >= 0.3 is 0 Å². The molecule has 0 spiro atoms. The van der Waals surface area contributed by atoms with Crippen LogP contribution >= 0.6 is 0 Å². The van der Waals surface area contributed by atoms with Gasteiger partial charge in [0, 0.05) is 50.0 Å². The van der Waals surface area contributed by atoms with Gasteiger partial charge in [-0.1, -0.05) is 20.3 Å². The topological polar surface area (TPSA) is 94.2 Å². The van der Waals surface area contributed by atoms with Crippen molar-refractivity contribution < 1.29 is 19.1 Å². The fraction of sp³-hybridized carbons (Fsp3) is 0.667. The van der Waals surface area contributed by atoms with Crippen LogP contribution in [-0.4, -0.2) is 104 Å². The second-order valence-electron chi connectivity index (χ2n) is 10.6. The quantitative estimate of drug-likeness (QED) is 0.554. The normalized spacial score (nSPS) is 26.3. The third kappa shape index (κ3) is 5.28. The molecule has 2 N–H and O–H groups in total. The number of benzene rings is 1. The Balaban J connectivity index is 1.43. The Hall–Kier alpha value is -2.49. The number of likely N-dealkylation sites (tertiary alicyclic amines) is 1. The highest BCUT2D eigenvalue weighted by Crippen LogP contribution is 2.29. The summed E-state index contributed by atoms with van der Waals surface area (Å²) in [6.07, 6.45) is 0.384. The molecule has 1 aromatic rings. The molecule has 0 bridgehead atoms. The monoisotopic (exact) mass is 499 g/mol. The zero-order valence-electron chi connectivity index (χ0n) is 22.2. The predicted molar refractivity (Wildman–Crippen MR) is 139 cm³/mol. The summed E-state index contributed by atoms with van der Waals surface area (Å²) < 4.78 is 5.67. The molecule has 3 aliphatic heterocycles. The van der Waals surface area contributed by atoms with Gasteiger partial charge in [-0.25, -0.2) is 0 Å². The maximum absolute atomic E-state index is 13.7. The maximum atomic E-state index is 13.7. The molecule has 36 heavy (non-hydrogen) atoms. The number of ether oxygens (including phenoxy) is 1. The third-order valence-electron chi connectivity index (χ3n) is 8.14. The summed E-state index contributed by atoms with van der Waals surface area (Å²) in [7, 11) is 1.81.